The van der Waals surface area contributed by atoms with Gasteiger partial charge in [0.15, 0.2) is 0 Å². The number of rotatable bonds is 3. The molecule has 0 saturated heterocycles. The zero-order valence-corrected chi connectivity index (χ0v) is 12.7. The maximum absolute atomic E-state index is 9.62. The molecule has 0 amide bonds. The van der Waals surface area contributed by atoms with Gasteiger partial charge >= 0.3 is 0 Å². The molecule has 0 heterocycles. The fraction of sp³-hybridized carbons (Fsp3) is 0.300. The van der Waals surface area contributed by atoms with Crippen LogP contribution in [-0.2, 0) is 5.41 Å². The molecule has 1 atom stereocenters. The summed E-state index contributed by atoms with van der Waals surface area (Å²) in [5.41, 5.74) is 2.29. The van der Waals surface area contributed by atoms with E-state index in [4.69, 9.17) is 0 Å². The molecule has 0 aromatic heterocycles. The van der Waals surface area contributed by atoms with Crippen LogP contribution in [0.1, 0.15) is 36.8 Å². The summed E-state index contributed by atoms with van der Waals surface area (Å²) in [5.74, 6) is 0.932. The molecule has 0 radical (unpaired) electrons. The fourth-order valence-electron chi connectivity index (χ4n) is 3.92. The lowest BCUT2D eigenvalue weighted by molar-refractivity contribution is 0.271. The van der Waals surface area contributed by atoms with Crippen molar-refractivity contribution in [2.45, 2.75) is 31.1 Å². The van der Waals surface area contributed by atoms with Gasteiger partial charge in [0.25, 0.3) is 0 Å². The van der Waals surface area contributed by atoms with Gasteiger partial charge in [0.2, 0.25) is 0 Å². The average molecular weight is 294 g/mol. The van der Waals surface area contributed by atoms with Crippen LogP contribution in [0.25, 0.3) is 0 Å². The maximum atomic E-state index is 9.62. The van der Waals surface area contributed by atoms with Gasteiger partial charge in [-0.25, -0.2) is 0 Å². The van der Waals surface area contributed by atoms with Crippen molar-refractivity contribution >= 4 is 0 Å². The number of benzene rings is 2. The van der Waals surface area contributed by atoms with Crippen molar-refractivity contribution in [3.8, 4) is 11.5 Å². The van der Waals surface area contributed by atoms with Crippen molar-refractivity contribution in [3.63, 3.8) is 0 Å². The van der Waals surface area contributed by atoms with Crippen LogP contribution >= 0.6 is 0 Å². The van der Waals surface area contributed by atoms with Crippen molar-refractivity contribution < 1.29 is 10.2 Å². The van der Waals surface area contributed by atoms with Gasteiger partial charge in [-0.3, -0.25) is 0 Å². The highest BCUT2D eigenvalue weighted by atomic mass is 16.3. The Bertz CT molecular complexity index is 595. The Morgan fingerprint density at radius 1 is 0.864 bits per heavy atom. The molecule has 0 aliphatic heterocycles. The van der Waals surface area contributed by atoms with Gasteiger partial charge in [-0.15, -0.1) is 6.58 Å². The van der Waals surface area contributed by atoms with Crippen molar-refractivity contribution in [1.29, 1.82) is 0 Å². The normalized spacial score (nSPS) is 20.5. The van der Waals surface area contributed by atoms with E-state index >= 15 is 0 Å². The SMILES string of the molecule is C=CC1CCCCC1(c1ccc(O)cc1)c1ccc(O)cc1. The number of hydrogen-bond acceptors (Lipinski definition) is 2. The second-order valence-electron chi connectivity index (χ2n) is 6.15. The number of allylic oxidation sites excluding steroid dienone is 1. The Morgan fingerprint density at radius 3 is 1.82 bits per heavy atom. The summed E-state index contributed by atoms with van der Waals surface area (Å²) in [6, 6.07) is 15.1. The minimum atomic E-state index is -0.124. The third-order valence-electron chi connectivity index (χ3n) is 5.02. The number of phenolic OH excluding ortho intramolecular Hbond substituents is 2. The van der Waals surface area contributed by atoms with Crippen LogP contribution in [0.2, 0.25) is 0 Å². The zero-order chi connectivity index (χ0) is 15.6. The van der Waals surface area contributed by atoms with E-state index in [2.05, 4.69) is 12.7 Å². The summed E-state index contributed by atoms with van der Waals surface area (Å²) in [5, 5.41) is 19.2. The average Bonchev–Trinajstić information content (AvgIpc) is 2.56. The van der Waals surface area contributed by atoms with Gasteiger partial charge < -0.3 is 10.2 Å². The summed E-state index contributed by atoms with van der Waals surface area (Å²) in [6.45, 7) is 4.07. The Morgan fingerprint density at radius 2 is 1.36 bits per heavy atom. The number of hydrogen-bond donors (Lipinski definition) is 2. The first-order valence-corrected chi connectivity index (χ1v) is 7.88. The van der Waals surface area contributed by atoms with Gasteiger partial charge in [0, 0.05) is 5.41 Å². The maximum Gasteiger partial charge on any atom is 0.115 e. The van der Waals surface area contributed by atoms with E-state index in [0.29, 0.717) is 5.92 Å². The highest BCUT2D eigenvalue weighted by Gasteiger charge is 2.42. The molecule has 1 saturated carbocycles. The molecule has 1 aliphatic carbocycles. The molecule has 1 unspecified atom stereocenters. The van der Waals surface area contributed by atoms with Crippen molar-refractivity contribution in [3.05, 3.63) is 72.3 Å². The first-order chi connectivity index (χ1) is 10.7. The Hall–Kier alpha value is -2.22. The van der Waals surface area contributed by atoms with E-state index in [1.54, 1.807) is 24.3 Å². The Labute approximate surface area is 131 Å². The van der Waals surface area contributed by atoms with E-state index in [-0.39, 0.29) is 16.9 Å². The molecule has 3 rings (SSSR count). The van der Waals surface area contributed by atoms with Crippen LogP contribution in [0.5, 0.6) is 11.5 Å². The molecule has 2 aromatic rings. The molecule has 2 aromatic carbocycles. The third-order valence-corrected chi connectivity index (χ3v) is 5.02. The Kier molecular flexibility index (Phi) is 3.93. The van der Waals surface area contributed by atoms with E-state index < -0.39 is 0 Å². The second kappa shape index (κ2) is 5.88. The van der Waals surface area contributed by atoms with Crippen LogP contribution in [0.15, 0.2) is 61.2 Å². The molecular weight excluding hydrogens is 272 g/mol. The third kappa shape index (κ3) is 2.39. The molecule has 22 heavy (non-hydrogen) atoms. The largest absolute Gasteiger partial charge is 0.508 e. The summed E-state index contributed by atoms with van der Waals surface area (Å²) in [7, 11) is 0. The molecule has 0 spiro atoms. The van der Waals surface area contributed by atoms with Crippen LogP contribution in [-0.4, -0.2) is 10.2 Å². The second-order valence-corrected chi connectivity index (χ2v) is 6.15. The first kappa shape index (κ1) is 14.7. The standard InChI is InChI=1S/C20H22O2/c1-2-15-5-3-4-14-20(15,16-6-10-18(21)11-7-16)17-8-12-19(22)13-9-17/h2,6-13,15,21-22H,1,3-5,14H2. The van der Waals surface area contributed by atoms with Crippen molar-refractivity contribution in [2.75, 3.05) is 0 Å². The van der Waals surface area contributed by atoms with Crippen LogP contribution in [0.4, 0.5) is 0 Å². The molecular formula is C20H22O2. The fourth-order valence-corrected chi connectivity index (χ4v) is 3.92. The topological polar surface area (TPSA) is 40.5 Å². The molecule has 2 nitrogen and oxygen atoms in total. The number of aromatic hydroxyl groups is 2. The van der Waals surface area contributed by atoms with E-state index in [1.807, 2.05) is 24.3 Å². The van der Waals surface area contributed by atoms with Gasteiger partial charge in [-0.2, -0.15) is 0 Å². The zero-order valence-electron chi connectivity index (χ0n) is 12.7. The minimum Gasteiger partial charge on any atom is -0.508 e. The monoisotopic (exact) mass is 294 g/mol. The lowest BCUT2D eigenvalue weighted by Crippen LogP contribution is -2.38. The van der Waals surface area contributed by atoms with Gasteiger partial charge in [-0.05, 0) is 54.2 Å². The predicted molar refractivity (Wildman–Crippen MR) is 89.1 cm³/mol. The van der Waals surface area contributed by atoms with Gasteiger partial charge in [0.05, 0.1) is 0 Å². The molecule has 0 bridgehead atoms. The minimum absolute atomic E-state index is 0.124. The molecule has 1 fully saturated rings. The lowest BCUT2D eigenvalue weighted by atomic mass is 9.59. The van der Waals surface area contributed by atoms with E-state index in [9.17, 15) is 10.2 Å². The Balaban J connectivity index is 2.18. The highest BCUT2D eigenvalue weighted by molar-refractivity contribution is 5.45. The quantitative estimate of drug-likeness (QED) is 0.801. The van der Waals surface area contributed by atoms with Crippen LogP contribution in [0, 0.1) is 5.92 Å². The van der Waals surface area contributed by atoms with Crippen LogP contribution in [0.3, 0.4) is 0 Å². The highest BCUT2D eigenvalue weighted by Crippen LogP contribution is 2.49. The first-order valence-electron chi connectivity index (χ1n) is 7.88. The molecule has 2 heteroatoms. The summed E-state index contributed by atoms with van der Waals surface area (Å²) in [4.78, 5) is 0. The summed E-state index contributed by atoms with van der Waals surface area (Å²) < 4.78 is 0. The summed E-state index contributed by atoms with van der Waals surface area (Å²) in [6.07, 6.45) is 6.63. The smallest absolute Gasteiger partial charge is 0.115 e. The number of phenols is 2. The van der Waals surface area contributed by atoms with Gasteiger partial charge in [-0.1, -0.05) is 43.2 Å². The van der Waals surface area contributed by atoms with Gasteiger partial charge in [0.1, 0.15) is 11.5 Å². The molecule has 2 N–H and O–H groups in total. The molecule has 1 aliphatic rings. The lowest BCUT2D eigenvalue weighted by Gasteiger charge is -2.44. The van der Waals surface area contributed by atoms with Crippen molar-refractivity contribution in [1.82, 2.24) is 0 Å². The molecule has 114 valence electrons. The van der Waals surface area contributed by atoms with E-state index in [1.165, 1.54) is 24.0 Å². The van der Waals surface area contributed by atoms with Crippen LogP contribution < -0.4 is 0 Å². The predicted octanol–water partition coefficient (Wildman–Crippen LogP) is 4.76. The summed E-state index contributed by atoms with van der Waals surface area (Å²) >= 11 is 0. The van der Waals surface area contributed by atoms with E-state index in [0.717, 1.165) is 12.8 Å². The van der Waals surface area contributed by atoms with Crippen molar-refractivity contribution in [2.24, 2.45) is 5.92 Å².